The van der Waals surface area contributed by atoms with Crippen molar-refractivity contribution in [2.75, 3.05) is 5.73 Å². The molecular formula is C16H16N2O2. The predicted molar refractivity (Wildman–Crippen MR) is 78.7 cm³/mol. The molecule has 0 radical (unpaired) electrons. The van der Waals surface area contributed by atoms with Crippen molar-refractivity contribution in [2.45, 2.75) is 20.5 Å². The van der Waals surface area contributed by atoms with E-state index in [4.69, 9.17) is 14.9 Å². The zero-order chi connectivity index (χ0) is 14.1. The minimum absolute atomic E-state index is 0.303. The van der Waals surface area contributed by atoms with Gasteiger partial charge in [-0.25, -0.2) is 4.98 Å². The fraction of sp³-hybridized carbons (Fsp3) is 0.188. The predicted octanol–water partition coefficient (Wildman–Crippen LogP) is 3.61. The Kier molecular flexibility index (Phi) is 3.06. The highest BCUT2D eigenvalue weighted by atomic mass is 16.5. The fourth-order valence-electron chi connectivity index (χ4n) is 2.00. The van der Waals surface area contributed by atoms with Crippen LogP contribution < -0.4 is 10.5 Å². The molecule has 2 N–H and O–H groups in total. The van der Waals surface area contributed by atoms with Gasteiger partial charge in [-0.15, -0.1) is 0 Å². The van der Waals surface area contributed by atoms with Crippen LogP contribution in [-0.2, 0) is 6.61 Å². The number of aryl methyl sites for hydroxylation is 2. The number of rotatable bonds is 3. The molecule has 0 unspecified atom stereocenters. The molecule has 0 bridgehead atoms. The van der Waals surface area contributed by atoms with E-state index in [0.717, 1.165) is 16.8 Å². The van der Waals surface area contributed by atoms with Crippen LogP contribution in [0.15, 0.2) is 40.8 Å². The van der Waals surface area contributed by atoms with E-state index in [-0.39, 0.29) is 0 Å². The molecule has 0 amide bonds. The van der Waals surface area contributed by atoms with Crippen molar-refractivity contribution in [3.63, 3.8) is 0 Å². The monoisotopic (exact) mass is 268 g/mol. The lowest BCUT2D eigenvalue weighted by atomic mass is 10.1. The van der Waals surface area contributed by atoms with E-state index in [9.17, 15) is 0 Å². The van der Waals surface area contributed by atoms with Gasteiger partial charge in [0, 0.05) is 5.69 Å². The number of anilines is 1. The second-order valence-corrected chi connectivity index (χ2v) is 4.87. The normalized spacial score (nSPS) is 10.9. The molecule has 0 spiro atoms. The first-order chi connectivity index (χ1) is 9.61. The van der Waals surface area contributed by atoms with E-state index in [1.165, 1.54) is 11.1 Å². The Morgan fingerprint density at radius 3 is 2.75 bits per heavy atom. The fourth-order valence-corrected chi connectivity index (χ4v) is 2.00. The largest absolute Gasteiger partial charge is 0.484 e. The lowest BCUT2D eigenvalue weighted by Crippen LogP contribution is -1.96. The van der Waals surface area contributed by atoms with Crippen molar-refractivity contribution < 1.29 is 9.15 Å². The number of ether oxygens (including phenoxy) is 1. The quantitative estimate of drug-likeness (QED) is 0.737. The van der Waals surface area contributed by atoms with Gasteiger partial charge < -0.3 is 14.9 Å². The third-order valence-electron chi connectivity index (χ3n) is 3.30. The van der Waals surface area contributed by atoms with Crippen LogP contribution >= 0.6 is 0 Å². The molecule has 4 nitrogen and oxygen atoms in total. The van der Waals surface area contributed by atoms with Crippen LogP contribution in [0.3, 0.4) is 0 Å². The minimum Gasteiger partial charge on any atom is -0.484 e. The molecule has 20 heavy (non-hydrogen) atoms. The lowest BCUT2D eigenvalue weighted by Gasteiger charge is -2.06. The van der Waals surface area contributed by atoms with Crippen molar-refractivity contribution in [3.8, 4) is 5.75 Å². The third kappa shape index (κ3) is 2.45. The van der Waals surface area contributed by atoms with Gasteiger partial charge in [0.1, 0.15) is 11.3 Å². The molecule has 1 heterocycles. The molecule has 4 heteroatoms. The van der Waals surface area contributed by atoms with Gasteiger partial charge in [0.2, 0.25) is 5.89 Å². The lowest BCUT2D eigenvalue weighted by molar-refractivity contribution is 0.267. The van der Waals surface area contributed by atoms with Gasteiger partial charge >= 0.3 is 0 Å². The SMILES string of the molecule is Cc1ccc(OCc2nc3cc(N)ccc3o2)cc1C. The highest BCUT2D eigenvalue weighted by Crippen LogP contribution is 2.21. The Hall–Kier alpha value is -2.49. The smallest absolute Gasteiger partial charge is 0.233 e. The summed E-state index contributed by atoms with van der Waals surface area (Å²) in [7, 11) is 0. The number of oxazole rings is 1. The Morgan fingerprint density at radius 1 is 1.10 bits per heavy atom. The Bertz CT molecular complexity index is 762. The zero-order valence-corrected chi connectivity index (χ0v) is 11.5. The maximum atomic E-state index is 5.72. The van der Waals surface area contributed by atoms with Crippen molar-refractivity contribution in [1.82, 2.24) is 4.98 Å². The molecule has 0 aliphatic carbocycles. The van der Waals surface area contributed by atoms with Crippen LogP contribution in [0.2, 0.25) is 0 Å². The zero-order valence-electron chi connectivity index (χ0n) is 11.5. The Labute approximate surface area is 117 Å². The summed E-state index contributed by atoms with van der Waals surface area (Å²) >= 11 is 0. The van der Waals surface area contributed by atoms with Gasteiger partial charge in [0.15, 0.2) is 12.2 Å². The summed E-state index contributed by atoms with van der Waals surface area (Å²) in [5.41, 5.74) is 10.3. The molecule has 0 aliphatic heterocycles. The number of hydrogen-bond donors (Lipinski definition) is 1. The number of nitrogens with two attached hydrogens (primary N) is 1. The van der Waals surface area contributed by atoms with Crippen molar-refractivity contribution >= 4 is 16.8 Å². The highest BCUT2D eigenvalue weighted by Gasteiger charge is 2.07. The molecule has 0 saturated heterocycles. The van der Waals surface area contributed by atoms with Crippen LogP contribution in [0.1, 0.15) is 17.0 Å². The van der Waals surface area contributed by atoms with E-state index >= 15 is 0 Å². The van der Waals surface area contributed by atoms with Gasteiger partial charge in [-0.2, -0.15) is 0 Å². The average molecular weight is 268 g/mol. The van der Waals surface area contributed by atoms with Gasteiger partial charge in [-0.3, -0.25) is 0 Å². The summed E-state index contributed by atoms with van der Waals surface area (Å²) in [6.07, 6.45) is 0. The molecule has 3 rings (SSSR count). The first-order valence-corrected chi connectivity index (χ1v) is 6.47. The summed E-state index contributed by atoms with van der Waals surface area (Å²) in [4.78, 5) is 4.36. The van der Waals surface area contributed by atoms with Crippen LogP contribution in [0.5, 0.6) is 5.75 Å². The number of nitrogens with zero attached hydrogens (tertiary/aromatic N) is 1. The van der Waals surface area contributed by atoms with Crippen LogP contribution in [0.25, 0.3) is 11.1 Å². The molecule has 1 aromatic heterocycles. The number of benzene rings is 2. The number of nitrogen functional groups attached to an aromatic ring is 1. The summed E-state index contributed by atoms with van der Waals surface area (Å²) < 4.78 is 11.3. The standard InChI is InChI=1S/C16H16N2O2/c1-10-3-5-13(7-11(10)2)19-9-16-18-14-8-12(17)4-6-15(14)20-16/h3-8H,9,17H2,1-2H3. The second-order valence-electron chi connectivity index (χ2n) is 4.87. The van der Waals surface area contributed by atoms with E-state index in [1.54, 1.807) is 12.1 Å². The molecule has 3 aromatic rings. The van der Waals surface area contributed by atoms with E-state index < -0.39 is 0 Å². The molecule has 0 atom stereocenters. The summed E-state index contributed by atoms with van der Waals surface area (Å²) in [5.74, 6) is 1.36. The molecule has 0 fully saturated rings. The highest BCUT2D eigenvalue weighted by molar-refractivity contribution is 5.76. The minimum atomic E-state index is 0.303. The number of fused-ring (bicyclic) bond motifs is 1. The van der Waals surface area contributed by atoms with Gasteiger partial charge in [-0.05, 0) is 55.3 Å². The van der Waals surface area contributed by atoms with Crippen LogP contribution in [0.4, 0.5) is 5.69 Å². The van der Waals surface area contributed by atoms with Crippen LogP contribution in [-0.4, -0.2) is 4.98 Å². The molecular weight excluding hydrogens is 252 g/mol. The second kappa shape index (κ2) is 4.89. The molecule has 0 aliphatic rings. The number of hydrogen-bond acceptors (Lipinski definition) is 4. The summed E-state index contributed by atoms with van der Waals surface area (Å²) in [5, 5.41) is 0. The molecule has 102 valence electrons. The van der Waals surface area contributed by atoms with Crippen molar-refractivity contribution in [3.05, 3.63) is 53.4 Å². The topological polar surface area (TPSA) is 61.3 Å². The Balaban J connectivity index is 1.77. The number of aromatic nitrogens is 1. The first kappa shape index (κ1) is 12.5. The maximum absolute atomic E-state index is 5.72. The van der Waals surface area contributed by atoms with Gasteiger partial charge in [-0.1, -0.05) is 6.07 Å². The first-order valence-electron chi connectivity index (χ1n) is 6.47. The Morgan fingerprint density at radius 2 is 1.95 bits per heavy atom. The van der Waals surface area contributed by atoms with E-state index in [0.29, 0.717) is 18.2 Å². The van der Waals surface area contributed by atoms with Crippen molar-refractivity contribution in [1.29, 1.82) is 0 Å². The van der Waals surface area contributed by atoms with E-state index in [1.807, 2.05) is 24.3 Å². The van der Waals surface area contributed by atoms with Crippen LogP contribution in [0, 0.1) is 13.8 Å². The van der Waals surface area contributed by atoms with Crippen molar-refractivity contribution in [2.24, 2.45) is 0 Å². The summed E-state index contributed by atoms with van der Waals surface area (Å²) in [6.45, 7) is 4.44. The molecule has 0 saturated carbocycles. The van der Waals surface area contributed by atoms with E-state index in [2.05, 4.69) is 18.8 Å². The van der Waals surface area contributed by atoms with Gasteiger partial charge in [0.05, 0.1) is 0 Å². The molecule has 2 aromatic carbocycles. The van der Waals surface area contributed by atoms with Gasteiger partial charge in [0.25, 0.3) is 0 Å². The average Bonchev–Trinajstić information content (AvgIpc) is 2.82. The summed E-state index contributed by atoms with van der Waals surface area (Å²) in [6, 6.07) is 11.4. The maximum Gasteiger partial charge on any atom is 0.233 e. The third-order valence-corrected chi connectivity index (χ3v) is 3.30.